The van der Waals surface area contributed by atoms with Crippen molar-refractivity contribution in [1.29, 1.82) is 0 Å². The van der Waals surface area contributed by atoms with Gasteiger partial charge in [-0.05, 0) is 18.1 Å². The van der Waals surface area contributed by atoms with Gasteiger partial charge in [-0.3, -0.25) is 4.79 Å². The Morgan fingerprint density at radius 3 is 2.39 bits per heavy atom. The maximum Gasteiger partial charge on any atom is 0.347 e. The molecule has 0 saturated heterocycles. The van der Waals surface area contributed by atoms with Crippen LogP contribution in [0.1, 0.15) is 30.6 Å². The molecule has 0 amide bonds. The number of para-hydroxylation sites is 1. The second-order valence-corrected chi connectivity index (χ2v) is 4.77. The number of hydrogen-bond donors (Lipinski definition) is 0. The molecule has 1 rings (SSSR count). The minimum absolute atomic E-state index is 0.175. The van der Waals surface area contributed by atoms with Gasteiger partial charge in [-0.2, -0.15) is 0 Å². The molecule has 0 fully saturated rings. The lowest BCUT2D eigenvalue weighted by Gasteiger charge is -2.16. The van der Waals surface area contributed by atoms with Crippen LogP contribution in [0, 0.1) is 5.92 Å². The normalized spacial score (nSPS) is 10.3. The summed E-state index contributed by atoms with van der Waals surface area (Å²) in [5.41, 5.74) is 1.14. The molecule has 0 N–H and O–H groups in total. The van der Waals surface area contributed by atoms with Crippen molar-refractivity contribution in [3.63, 3.8) is 0 Å². The van der Waals surface area contributed by atoms with Gasteiger partial charge in [0, 0.05) is 20.5 Å². The molecule has 0 spiro atoms. The molecule has 0 aromatic heterocycles. The zero-order valence-corrected chi connectivity index (χ0v) is 11.3. The number of nitrogens with zero attached hydrogens (tertiary/aromatic N) is 1. The fourth-order valence-corrected chi connectivity index (χ4v) is 1.57. The van der Waals surface area contributed by atoms with Gasteiger partial charge in [-0.15, -0.1) is 0 Å². The fraction of sp³-hybridized carbons (Fsp3) is 0.429. The van der Waals surface area contributed by atoms with Crippen molar-refractivity contribution in [2.45, 2.75) is 20.3 Å². The molecule has 1 aromatic rings. The highest BCUT2D eigenvalue weighted by atomic mass is 16.6. The van der Waals surface area contributed by atoms with E-state index in [9.17, 15) is 9.59 Å². The van der Waals surface area contributed by atoms with Crippen molar-refractivity contribution in [2.75, 3.05) is 19.0 Å². The van der Waals surface area contributed by atoms with Crippen LogP contribution in [0.5, 0.6) is 0 Å². The fourth-order valence-electron chi connectivity index (χ4n) is 1.57. The molecule has 4 heteroatoms. The monoisotopic (exact) mass is 249 g/mol. The van der Waals surface area contributed by atoms with Gasteiger partial charge in [0.25, 0.3) is 0 Å². The topological polar surface area (TPSA) is 46.6 Å². The molecule has 0 aliphatic heterocycles. The first-order valence-electron chi connectivity index (χ1n) is 5.93. The molecule has 0 bridgehead atoms. The maximum atomic E-state index is 11.9. The van der Waals surface area contributed by atoms with Crippen LogP contribution in [0.3, 0.4) is 0 Å². The van der Waals surface area contributed by atoms with Crippen molar-refractivity contribution in [3.8, 4) is 0 Å². The van der Waals surface area contributed by atoms with Gasteiger partial charge in [0.05, 0.1) is 11.3 Å². The third kappa shape index (κ3) is 3.87. The number of carbonyl (C=O) groups excluding carboxylic acids is 2. The summed E-state index contributed by atoms with van der Waals surface area (Å²) in [5, 5.41) is 0. The van der Waals surface area contributed by atoms with Gasteiger partial charge < -0.3 is 9.64 Å². The van der Waals surface area contributed by atoms with Crippen LogP contribution in [0.15, 0.2) is 24.3 Å². The summed E-state index contributed by atoms with van der Waals surface area (Å²) in [6.07, 6.45) is 0.246. The molecule has 0 heterocycles. The molecule has 98 valence electrons. The van der Waals surface area contributed by atoms with E-state index in [2.05, 4.69) is 0 Å². The molecular weight excluding hydrogens is 230 g/mol. The summed E-state index contributed by atoms with van der Waals surface area (Å²) < 4.78 is 4.83. The molecule has 0 aliphatic carbocycles. The van der Waals surface area contributed by atoms with E-state index < -0.39 is 11.9 Å². The van der Waals surface area contributed by atoms with Crippen molar-refractivity contribution in [3.05, 3.63) is 29.8 Å². The van der Waals surface area contributed by atoms with Crippen LogP contribution >= 0.6 is 0 Å². The van der Waals surface area contributed by atoms with E-state index in [0.29, 0.717) is 5.56 Å². The number of hydrogen-bond acceptors (Lipinski definition) is 4. The molecule has 0 radical (unpaired) electrons. The Bertz CT molecular complexity index is 438. The Balaban J connectivity index is 2.82. The minimum Gasteiger partial charge on any atom is -0.389 e. The van der Waals surface area contributed by atoms with Crippen molar-refractivity contribution in [2.24, 2.45) is 5.92 Å². The van der Waals surface area contributed by atoms with E-state index in [0.717, 1.165) is 5.69 Å². The van der Waals surface area contributed by atoms with Gasteiger partial charge in [-0.25, -0.2) is 4.79 Å². The summed E-state index contributed by atoms with van der Waals surface area (Å²) in [6, 6.07) is 7.04. The largest absolute Gasteiger partial charge is 0.389 e. The van der Waals surface area contributed by atoms with E-state index in [1.165, 1.54) is 0 Å². The Morgan fingerprint density at radius 1 is 1.22 bits per heavy atom. The SMILES string of the molecule is CC(C)CC(=O)OC(=O)c1ccccc1N(C)C. The van der Waals surface area contributed by atoms with Crippen LogP contribution in [0.25, 0.3) is 0 Å². The lowest BCUT2D eigenvalue weighted by Crippen LogP contribution is -2.18. The Hall–Kier alpha value is -1.84. The van der Waals surface area contributed by atoms with E-state index in [-0.39, 0.29) is 12.3 Å². The Kier molecular flexibility index (Phi) is 4.89. The van der Waals surface area contributed by atoms with Crippen LogP contribution in [-0.4, -0.2) is 26.0 Å². The minimum atomic E-state index is -0.593. The number of anilines is 1. The molecule has 4 nitrogen and oxygen atoms in total. The predicted molar refractivity (Wildman–Crippen MR) is 70.6 cm³/mol. The van der Waals surface area contributed by atoms with Crippen LogP contribution < -0.4 is 4.90 Å². The van der Waals surface area contributed by atoms with Crippen LogP contribution in [-0.2, 0) is 9.53 Å². The van der Waals surface area contributed by atoms with Crippen molar-refractivity contribution < 1.29 is 14.3 Å². The highest BCUT2D eigenvalue weighted by Crippen LogP contribution is 2.19. The number of ether oxygens (including phenoxy) is 1. The molecule has 18 heavy (non-hydrogen) atoms. The number of esters is 2. The highest BCUT2D eigenvalue weighted by molar-refractivity contribution is 6.01. The lowest BCUT2D eigenvalue weighted by atomic mass is 10.1. The standard InChI is InChI=1S/C14H19NO3/c1-10(2)9-13(16)18-14(17)11-7-5-6-8-12(11)15(3)4/h5-8,10H,9H2,1-4H3. The first-order chi connectivity index (χ1) is 8.41. The van der Waals surface area contributed by atoms with Crippen LogP contribution in [0.2, 0.25) is 0 Å². The lowest BCUT2D eigenvalue weighted by molar-refractivity contribution is -0.138. The van der Waals surface area contributed by atoms with E-state index in [1.807, 2.05) is 45.0 Å². The van der Waals surface area contributed by atoms with Gasteiger partial charge in [0.2, 0.25) is 0 Å². The quantitative estimate of drug-likeness (QED) is 0.607. The predicted octanol–water partition coefficient (Wildman–Crippen LogP) is 2.48. The zero-order valence-electron chi connectivity index (χ0n) is 11.3. The number of rotatable bonds is 4. The summed E-state index contributed by atoms with van der Waals surface area (Å²) in [7, 11) is 3.67. The summed E-state index contributed by atoms with van der Waals surface area (Å²) in [4.78, 5) is 25.2. The Labute approximate surface area is 108 Å². The van der Waals surface area contributed by atoms with Crippen molar-refractivity contribution in [1.82, 2.24) is 0 Å². The van der Waals surface area contributed by atoms with E-state index >= 15 is 0 Å². The molecule has 0 aliphatic rings. The zero-order chi connectivity index (χ0) is 13.7. The van der Waals surface area contributed by atoms with Crippen LogP contribution in [0.4, 0.5) is 5.69 Å². The van der Waals surface area contributed by atoms with Gasteiger partial charge in [0.1, 0.15) is 0 Å². The molecule has 1 aromatic carbocycles. The Morgan fingerprint density at radius 2 is 1.83 bits per heavy atom. The molecule has 0 saturated carbocycles. The smallest absolute Gasteiger partial charge is 0.347 e. The van der Waals surface area contributed by atoms with Gasteiger partial charge in [-0.1, -0.05) is 26.0 Å². The molecule has 0 unspecified atom stereocenters. The average molecular weight is 249 g/mol. The second kappa shape index (κ2) is 6.19. The molecular formula is C14H19NO3. The third-order valence-corrected chi connectivity index (χ3v) is 2.39. The third-order valence-electron chi connectivity index (χ3n) is 2.39. The van der Waals surface area contributed by atoms with Crippen molar-refractivity contribution >= 4 is 17.6 Å². The highest BCUT2D eigenvalue weighted by Gasteiger charge is 2.17. The van der Waals surface area contributed by atoms with Gasteiger partial charge in [0.15, 0.2) is 0 Å². The van der Waals surface area contributed by atoms with E-state index in [1.54, 1.807) is 12.1 Å². The number of benzene rings is 1. The first-order valence-corrected chi connectivity index (χ1v) is 5.93. The number of carbonyl (C=O) groups is 2. The summed E-state index contributed by atoms with van der Waals surface area (Å²) in [6.45, 7) is 3.80. The molecule has 0 atom stereocenters. The average Bonchev–Trinajstić information content (AvgIpc) is 2.27. The second-order valence-electron chi connectivity index (χ2n) is 4.77. The van der Waals surface area contributed by atoms with E-state index in [4.69, 9.17) is 4.74 Å². The van der Waals surface area contributed by atoms with Gasteiger partial charge >= 0.3 is 11.9 Å². The maximum absolute atomic E-state index is 11.9. The summed E-state index contributed by atoms with van der Waals surface area (Å²) in [5.74, 6) is -0.900. The summed E-state index contributed by atoms with van der Waals surface area (Å²) >= 11 is 0. The first kappa shape index (κ1) is 14.2.